The molecule has 3 rings (SSSR count). The lowest BCUT2D eigenvalue weighted by Crippen LogP contribution is -2.28. The molecule has 1 fully saturated rings. The standard InChI is InChI=1S/C17H20N2O2S/c20-10-4-7-14(12-5-2-1-3-6-12)19-17(21)16-15(13-8-9-13)18-11-22-16/h1-3,5-6,11,13-14,20H,4,7-10H2,(H,19,21). The van der Waals surface area contributed by atoms with Crippen molar-refractivity contribution in [1.82, 2.24) is 10.3 Å². The van der Waals surface area contributed by atoms with Crippen LogP contribution in [-0.4, -0.2) is 22.6 Å². The van der Waals surface area contributed by atoms with E-state index in [0.717, 1.165) is 35.4 Å². The van der Waals surface area contributed by atoms with Gasteiger partial charge in [0, 0.05) is 12.5 Å². The molecular weight excluding hydrogens is 296 g/mol. The number of nitrogens with zero attached hydrogens (tertiary/aromatic N) is 1. The third kappa shape index (κ3) is 3.54. The minimum Gasteiger partial charge on any atom is -0.396 e. The van der Waals surface area contributed by atoms with Crippen LogP contribution in [0.15, 0.2) is 35.8 Å². The number of rotatable bonds is 7. The van der Waals surface area contributed by atoms with Gasteiger partial charge in [0.15, 0.2) is 0 Å². The lowest BCUT2D eigenvalue weighted by atomic mass is 10.0. The predicted octanol–water partition coefficient (Wildman–Crippen LogP) is 3.26. The highest BCUT2D eigenvalue weighted by Crippen LogP contribution is 2.41. The monoisotopic (exact) mass is 316 g/mol. The second kappa shape index (κ2) is 7.03. The van der Waals surface area contributed by atoms with E-state index in [1.165, 1.54) is 11.3 Å². The second-order valence-electron chi connectivity index (χ2n) is 5.64. The molecule has 22 heavy (non-hydrogen) atoms. The van der Waals surface area contributed by atoms with Gasteiger partial charge in [0.25, 0.3) is 5.91 Å². The number of thiazole rings is 1. The first-order valence-corrected chi connectivity index (χ1v) is 8.57. The number of carbonyl (C=O) groups is 1. The first-order chi connectivity index (χ1) is 10.8. The molecule has 0 saturated heterocycles. The van der Waals surface area contributed by atoms with Crippen molar-refractivity contribution in [3.05, 3.63) is 52.0 Å². The minimum atomic E-state index is -0.0741. The second-order valence-corrected chi connectivity index (χ2v) is 6.50. The fourth-order valence-corrected chi connectivity index (χ4v) is 3.38. The number of aromatic nitrogens is 1. The summed E-state index contributed by atoms with van der Waals surface area (Å²) in [7, 11) is 0. The molecule has 4 nitrogen and oxygen atoms in total. The Bertz CT molecular complexity index is 623. The zero-order chi connectivity index (χ0) is 15.4. The highest BCUT2D eigenvalue weighted by molar-refractivity contribution is 7.11. The van der Waals surface area contributed by atoms with Crippen molar-refractivity contribution >= 4 is 17.2 Å². The number of hydrogen-bond acceptors (Lipinski definition) is 4. The Balaban J connectivity index is 1.74. The van der Waals surface area contributed by atoms with E-state index in [-0.39, 0.29) is 18.6 Å². The van der Waals surface area contributed by atoms with Crippen LogP contribution in [0.3, 0.4) is 0 Å². The van der Waals surface area contributed by atoms with Gasteiger partial charge in [-0.2, -0.15) is 0 Å². The fourth-order valence-electron chi connectivity index (χ4n) is 2.60. The van der Waals surface area contributed by atoms with Crippen LogP contribution in [0.5, 0.6) is 0 Å². The molecule has 0 bridgehead atoms. The quantitative estimate of drug-likeness (QED) is 0.824. The average molecular weight is 316 g/mol. The molecule has 116 valence electrons. The third-order valence-corrected chi connectivity index (χ3v) is 4.76. The summed E-state index contributed by atoms with van der Waals surface area (Å²) in [6.45, 7) is 0.132. The summed E-state index contributed by atoms with van der Waals surface area (Å²) in [6.07, 6.45) is 3.66. The van der Waals surface area contributed by atoms with Crippen molar-refractivity contribution in [2.75, 3.05) is 6.61 Å². The summed E-state index contributed by atoms with van der Waals surface area (Å²) in [6, 6.07) is 9.84. The Labute approximate surface area is 134 Å². The molecule has 1 atom stereocenters. The van der Waals surface area contributed by atoms with Gasteiger partial charge < -0.3 is 10.4 Å². The summed E-state index contributed by atoms with van der Waals surface area (Å²) in [5.41, 5.74) is 3.78. The lowest BCUT2D eigenvalue weighted by Gasteiger charge is -2.19. The molecule has 1 saturated carbocycles. The van der Waals surface area contributed by atoms with Crippen molar-refractivity contribution in [1.29, 1.82) is 0 Å². The number of amides is 1. The summed E-state index contributed by atoms with van der Waals surface area (Å²) in [4.78, 5) is 17.7. The normalized spacial score (nSPS) is 15.5. The Morgan fingerprint density at radius 3 is 2.82 bits per heavy atom. The molecular formula is C17H20N2O2S. The van der Waals surface area contributed by atoms with Crippen LogP contribution in [-0.2, 0) is 0 Å². The van der Waals surface area contributed by atoms with E-state index in [1.807, 2.05) is 30.3 Å². The van der Waals surface area contributed by atoms with Gasteiger partial charge in [0.1, 0.15) is 4.88 Å². The molecule has 1 amide bonds. The highest BCUT2D eigenvalue weighted by Gasteiger charge is 2.31. The van der Waals surface area contributed by atoms with Crippen molar-refractivity contribution in [3.8, 4) is 0 Å². The van der Waals surface area contributed by atoms with E-state index in [1.54, 1.807) is 5.51 Å². The van der Waals surface area contributed by atoms with E-state index in [9.17, 15) is 4.79 Å². The molecule has 1 aromatic heterocycles. The lowest BCUT2D eigenvalue weighted by molar-refractivity contribution is 0.0935. The summed E-state index contributed by atoms with van der Waals surface area (Å²) < 4.78 is 0. The maximum atomic E-state index is 12.6. The molecule has 5 heteroatoms. The SMILES string of the molecule is O=C(NC(CCCO)c1ccccc1)c1scnc1C1CC1. The van der Waals surface area contributed by atoms with E-state index >= 15 is 0 Å². The van der Waals surface area contributed by atoms with Gasteiger partial charge >= 0.3 is 0 Å². The maximum Gasteiger partial charge on any atom is 0.263 e. The first kappa shape index (κ1) is 15.2. The molecule has 0 aliphatic heterocycles. The van der Waals surface area contributed by atoms with Gasteiger partial charge in [-0.3, -0.25) is 4.79 Å². The topological polar surface area (TPSA) is 62.2 Å². The maximum absolute atomic E-state index is 12.6. The average Bonchev–Trinajstić information content (AvgIpc) is 3.28. The van der Waals surface area contributed by atoms with Gasteiger partial charge in [-0.25, -0.2) is 4.98 Å². The molecule has 1 aromatic carbocycles. The molecule has 2 N–H and O–H groups in total. The minimum absolute atomic E-state index is 0.0452. The van der Waals surface area contributed by atoms with E-state index in [4.69, 9.17) is 5.11 Å². The molecule has 1 aliphatic carbocycles. The number of hydrogen-bond donors (Lipinski definition) is 2. The van der Waals surface area contributed by atoms with Gasteiger partial charge in [-0.05, 0) is 31.2 Å². The van der Waals surface area contributed by atoms with Crippen molar-refractivity contribution in [3.63, 3.8) is 0 Å². The third-order valence-electron chi connectivity index (χ3n) is 3.92. The number of aliphatic hydroxyl groups excluding tert-OH is 1. The van der Waals surface area contributed by atoms with Crippen molar-refractivity contribution in [2.24, 2.45) is 0 Å². The van der Waals surface area contributed by atoms with Crippen LogP contribution in [0.1, 0.15) is 58.6 Å². The van der Waals surface area contributed by atoms with Crippen molar-refractivity contribution < 1.29 is 9.90 Å². The molecule has 1 unspecified atom stereocenters. The zero-order valence-corrected chi connectivity index (χ0v) is 13.2. The number of benzene rings is 1. The molecule has 2 aromatic rings. The van der Waals surface area contributed by atoms with Crippen LogP contribution in [0.4, 0.5) is 0 Å². The van der Waals surface area contributed by atoms with E-state index in [2.05, 4.69) is 10.3 Å². The molecule has 0 spiro atoms. The van der Waals surface area contributed by atoms with Crippen LogP contribution in [0, 0.1) is 0 Å². The van der Waals surface area contributed by atoms with Crippen molar-refractivity contribution in [2.45, 2.75) is 37.6 Å². The van der Waals surface area contributed by atoms with E-state index < -0.39 is 0 Å². The number of carbonyl (C=O) groups excluding carboxylic acids is 1. The van der Waals surface area contributed by atoms with Crippen LogP contribution in [0.2, 0.25) is 0 Å². The Hall–Kier alpha value is -1.72. The summed E-state index contributed by atoms with van der Waals surface area (Å²) in [5.74, 6) is 0.427. The van der Waals surface area contributed by atoms with Crippen LogP contribution >= 0.6 is 11.3 Å². The Kier molecular flexibility index (Phi) is 4.85. The van der Waals surface area contributed by atoms with Crippen LogP contribution in [0.25, 0.3) is 0 Å². The van der Waals surface area contributed by atoms with E-state index in [0.29, 0.717) is 12.3 Å². The number of aliphatic hydroxyl groups is 1. The largest absolute Gasteiger partial charge is 0.396 e. The molecule has 1 heterocycles. The first-order valence-electron chi connectivity index (χ1n) is 7.69. The predicted molar refractivity (Wildman–Crippen MR) is 87.1 cm³/mol. The smallest absolute Gasteiger partial charge is 0.263 e. The molecule has 0 radical (unpaired) electrons. The highest BCUT2D eigenvalue weighted by atomic mass is 32.1. The van der Waals surface area contributed by atoms with Gasteiger partial charge in [0.2, 0.25) is 0 Å². The van der Waals surface area contributed by atoms with Gasteiger partial charge in [-0.1, -0.05) is 30.3 Å². The Morgan fingerprint density at radius 1 is 1.36 bits per heavy atom. The van der Waals surface area contributed by atoms with Gasteiger partial charge in [-0.15, -0.1) is 11.3 Å². The number of nitrogens with one attached hydrogen (secondary N) is 1. The van der Waals surface area contributed by atoms with Crippen LogP contribution < -0.4 is 5.32 Å². The van der Waals surface area contributed by atoms with Gasteiger partial charge in [0.05, 0.1) is 17.2 Å². The Morgan fingerprint density at radius 2 is 2.14 bits per heavy atom. The summed E-state index contributed by atoms with van der Waals surface area (Å²) in [5, 5.41) is 12.2. The fraction of sp³-hybridized carbons (Fsp3) is 0.412. The molecule has 1 aliphatic rings. The zero-order valence-electron chi connectivity index (χ0n) is 12.4. The summed E-state index contributed by atoms with van der Waals surface area (Å²) >= 11 is 1.41.